The molecule has 5 heteroatoms. The minimum atomic E-state index is -1.05. The van der Waals surface area contributed by atoms with Crippen molar-refractivity contribution in [1.29, 1.82) is 0 Å². The van der Waals surface area contributed by atoms with E-state index in [9.17, 15) is 14.7 Å². The smallest absolute Gasteiger partial charge is 0.309 e. The standard InChI is InChI=1S/C18H25NO4/c1-2-9-23-16(17(19)20)15(18(21)22)11-12-7-8-13-5-3-4-6-14(13)10-12/h3-6,12,15-16H,2,7-11H2,1H3,(H2,19,20)(H,21,22)/t12?,15?,16-/m0/s1. The van der Waals surface area contributed by atoms with Crippen LogP contribution in [0.4, 0.5) is 0 Å². The highest BCUT2D eigenvalue weighted by Crippen LogP contribution is 2.31. The van der Waals surface area contributed by atoms with Crippen LogP contribution in [0.2, 0.25) is 0 Å². The Morgan fingerprint density at radius 2 is 2.04 bits per heavy atom. The van der Waals surface area contributed by atoms with E-state index in [1.54, 1.807) is 0 Å². The van der Waals surface area contributed by atoms with Gasteiger partial charge in [-0.25, -0.2) is 0 Å². The zero-order valence-electron chi connectivity index (χ0n) is 13.5. The van der Waals surface area contributed by atoms with Crippen LogP contribution in [0.15, 0.2) is 24.3 Å². The molecule has 0 aliphatic heterocycles. The molecule has 0 bridgehead atoms. The summed E-state index contributed by atoms with van der Waals surface area (Å²) in [7, 11) is 0. The number of ether oxygens (including phenoxy) is 1. The monoisotopic (exact) mass is 319 g/mol. The second-order valence-corrected chi connectivity index (χ2v) is 6.25. The first-order valence-electron chi connectivity index (χ1n) is 8.23. The Labute approximate surface area is 136 Å². The van der Waals surface area contributed by atoms with Crippen molar-refractivity contribution in [3.05, 3.63) is 35.4 Å². The molecular formula is C18H25NO4. The number of aliphatic carboxylic acids is 1. The molecule has 3 N–H and O–H groups in total. The van der Waals surface area contributed by atoms with Crippen molar-refractivity contribution >= 4 is 11.9 Å². The number of primary amides is 1. The van der Waals surface area contributed by atoms with Crippen molar-refractivity contribution in [3.8, 4) is 0 Å². The lowest BCUT2D eigenvalue weighted by Crippen LogP contribution is -2.42. The largest absolute Gasteiger partial charge is 0.481 e. The maximum absolute atomic E-state index is 11.6. The predicted octanol–water partition coefficient (Wildman–Crippen LogP) is 2.16. The fourth-order valence-electron chi connectivity index (χ4n) is 3.33. The van der Waals surface area contributed by atoms with Gasteiger partial charge in [-0.3, -0.25) is 9.59 Å². The molecule has 1 aliphatic rings. The van der Waals surface area contributed by atoms with Gasteiger partial charge in [0.05, 0.1) is 5.92 Å². The number of amides is 1. The molecule has 2 unspecified atom stereocenters. The van der Waals surface area contributed by atoms with Gasteiger partial charge in [0.1, 0.15) is 6.10 Å². The molecule has 23 heavy (non-hydrogen) atoms. The Kier molecular flexibility index (Phi) is 6.16. The lowest BCUT2D eigenvalue weighted by Gasteiger charge is -2.29. The van der Waals surface area contributed by atoms with Gasteiger partial charge in [-0.1, -0.05) is 31.2 Å². The summed E-state index contributed by atoms with van der Waals surface area (Å²) >= 11 is 0. The first kappa shape index (κ1) is 17.5. The summed E-state index contributed by atoms with van der Waals surface area (Å²) in [6.45, 7) is 2.25. The van der Waals surface area contributed by atoms with Crippen LogP contribution in [0.5, 0.6) is 0 Å². The number of nitrogens with two attached hydrogens (primary N) is 1. The molecule has 1 aromatic rings. The first-order chi connectivity index (χ1) is 11.0. The Morgan fingerprint density at radius 1 is 1.35 bits per heavy atom. The number of carboxylic acid groups (broad SMARTS) is 1. The lowest BCUT2D eigenvalue weighted by atomic mass is 9.78. The van der Waals surface area contributed by atoms with E-state index in [2.05, 4.69) is 12.1 Å². The highest BCUT2D eigenvalue weighted by Gasteiger charge is 2.35. The number of carboxylic acids is 1. The predicted molar refractivity (Wildman–Crippen MR) is 86.9 cm³/mol. The quantitative estimate of drug-likeness (QED) is 0.768. The highest BCUT2D eigenvalue weighted by atomic mass is 16.5. The van der Waals surface area contributed by atoms with Crippen molar-refractivity contribution in [1.82, 2.24) is 0 Å². The number of hydrogen-bond donors (Lipinski definition) is 2. The third-order valence-corrected chi connectivity index (χ3v) is 4.50. The van der Waals surface area contributed by atoms with Gasteiger partial charge in [0, 0.05) is 6.61 Å². The van der Waals surface area contributed by atoms with Crippen molar-refractivity contribution in [2.45, 2.75) is 45.1 Å². The zero-order chi connectivity index (χ0) is 16.8. The minimum absolute atomic E-state index is 0.234. The average molecular weight is 319 g/mol. The molecule has 0 radical (unpaired) electrons. The number of carbonyl (C=O) groups is 2. The second kappa shape index (κ2) is 8.11. The molecule has 0 heterocycles. The fraction of sp³-hybridized carbons (Fsp3) is 0.556. The molecule has 126 valence electrons. The lowest BCUT2D eigenvalue weighted by molar-refractivity contribution is -0.154. The molecule has 1 amide bonds. The van der Waals surface area contributed by atoms with Gasteiger partial charge in [0.2, 0.25) is 5.91 Å². The van der Waals surface area contributed by atoms with Crippen LogP contribution in [-0.2, 0) is 27.2 Å². The van der Waals surface area contributed by atoms with E-state index in [1.807, 2.05) is 19.1 Å². The van der Waals surface area contributed by atoms with Crippen LogP contribution in [0, 0.1) is 11.8 Å². The van der Waals surface area contributed by atoms with Crippen LogP contribution < -0.4 is 5.73 Å². The number of hydrogen-bond acceptors (Lipinski definition) is 3. The average Bonchev–Trinajstić information content (AvgIpc) is 2.53. The molecule has 0 saturated heterocycles. The Balaban J connectivity index is 2.07. The van der Waals surface area contributed by atoms with Crippen molar-refractivity contribution in [3.63, 3.8) is 0 Å². The van der Waals surface area contributed by atoms with Crippen LogP contribution in [-0.4, -0.2) is 29.7 Å². The molecule has 3 atom stereocenters. The van der Waals surface area contributed by atoms with Gasteiger partial charge in [-0.05, 0) is 49.1 Å². The third kappa shape index (κ3) is 4.55. The summed E-state index contributed by atoms with van der Waals surface area (Å²) in [4.78, 5) is 23.3. The summed E-state index contributed by atoms with van der Waals surface area (Å²) in [6.07, 6.45) is 2.81. The molecular weight excluding hydrogens is 294 g/mol. The Hall–Kier alpha value is -1.88. The summed E-state index contributed by atoms with van der Waals surface area (Å²) in [6, 6.07) is 8.25. The molecule has 0 saturated carbocycles. The van der Waals surface area contributed by atoms with Gasteiger partial charge < -0.3 is 15.6 Å². The van der Waals surface area contributed by atoms with Gasteiger partial charge in [-0.2, -0.15) is 0 Å². The molecule has 0 fully saturated rings. The van der Waals surface area contributed by atoms with Gasteiger partial charge in [-0.15, -0.1) is 0 Å². The Morgan fingerprint density at radius 3 is 2.65 bits per heavy atom. The van der Waals surface area contributed by atoms with E-state index in [-0.39, 0.29) is 5.92 Å². The van der Waals surface area contributed by atoms with Crippen molar-refractivity contribution in [2.24, 2.45) is 17.6 Å². The van der Waals surface area contributed by atoms with Crippen LogP contribution >= 0.6 is 0 Å². The van der Waals surface area contributed by atoms with E-state index in [1.165, 1.54) is 11.1 Å². The maximum atomic E-state index is 11.6. The van der Waals surface area contributed by atoms with Crippen molar-refractivity contribution in [2.75, 3.05) is 6.61 Å². The van der Waals surface area contributed by atoms with E-state index >= 15 is 0 Å². The number of fused-ring (bicyclic) bond motifs is 1. The molecule has 5 nitrogen and oxygen atoms in total. The van der Waals surface area contributed by atoms with Crippen LogP contribution in [0.25, 0.3) is 0 Å². The van der Waals surface area contributed by atoms with E-state index in [4.69, 9.17) is 10.5 Å². The number of carbonyl (C=O) groups excluding carboxylic acids is 1. The first-order valence-corrected chi connectivity index (χ1v) is 8.23. The number of rotatable bonds is 8. The van der Waals surface area contributed by atoms with Crippen LogP contribution in [0.1, 0.15) is 37.3 Å². The second-order valence-electron chi connectivity index (χ2n) is 6.25. The number of benzene rings is 1. The molecule has 0 aromatic heterocycles. The third-order valence-electron chi connectivity index (χ3n) is 4.50. The Bertz CT molecular complexity index is 558. The van der Waals surface area contributed by atoms with Crippen molar-refractivity contribution < 1.29 is 19.4 Å². The fourth-order valence-corrected chi connectivity index (χ4v) is 3.33. The topological polar surface area (TPSA) is 89.6 Å². The summed E-state index contributed by atoms with van der Waals surface area (Å²) < 4.78 is 5.43. The van der Waals surface area contributed by atoms with Gasteiger partial charge >= 0.3 is 5.97 Å². The van der Waals surface area contributed by atoms with Gasteiger partial charge in [0.15, 0.2) is 0 Å². The molecule has 0 spiro atoms. The molecule has 1 aromatic carbocycles. The van der Waals surface area contributed by atoms with E-state index in [0.717, 1.165) is 19.3 Å². The maximum Gasteiger partial charge on any atom is 0.309 e. The number of aryl methyl sites for hydroxylation is 1. The molecule has 1 aliphatic carbocycles. The zero-order valence-corrected chi connectivity index (χ0v) is 13.5. The van der Waals surface area contributed by atoms with E-state index < -0.39 is 23.9 Å². The SMILES string of the molecule is CCCO[C@H](C(N)=O)C(CC1CCc2ccccc2C1)C(=O)O. The molecule has 2 rings (SSSR count). The van der Waals surface area contributed by atoms with Gasteiger partial charge in [0.25, 0.3) is 0 Å². The normalized spacial score (nSPS) is 19.6. The summed E-state index contributed by atoms with van der Waals surface area (Å²) in [5.41, 5.74) is 7.98. The summed E-state index contributed by atoms with van der Waals surface area (Å²) in [5, 5.41) is 9.53. The minimum Gasteiger partial charge on any atom is -0.481 e. The van der Waals surface area contributed by atoms with Crippen LogP contribution in [0.3, 0.4) is 0 Å². The summed E-state index contributed by atoms with van der Waals surface area (Å²) in [5.74, 6) is -2.35. The highest BCUT2D eigenvalue weighted by molar-refractivity contribution is 5.85. The van der Waals surface area contributed by atoms with E-state index in [0.29, 0.717) is 19.4 Å².